The summed E-state index contributed by atoms with van der Waals surface area (Å²) in [6.07, 6.45) is 3.11. The molecule has 5 atom stereocenters. The van der Waals surface area contributed by atoms with Gasteiger partial charge in [0.2, 0.25) is 11.8 Å². The second-order valence-electron chi connectivity index (χ2n) is 11.1. The second kappa shape index (κ2) is 9.78. The molecule has 2 amide bonds. The number of carbonyl (C=O) groups excluding carboxylic acids is 3. The van der Waals surface area contributed by atoms with Crippen LogP contribution in [0.4, 0.5) is 5.69 Å². The van der Waals surface area contributed by atoms with E-state index in [2.05, 4.69) is 44.2 Å². The van der Waals surface area contributed by atoms with E-state index in [1.54, 1.807) is 0 Å². The molecule has 2 saturated heterocycles. The van der Waals surface area contributed by atoms with Gasteiger partial charge >= 0.3 is 5.97 Å². The van der Waals surface area contributed by atoms with Gasteiger partial charge in [0.05, 0.1) is 7.11 Å². The number of ether oxygens (including phenoxy) is 1. The van der Waals surface area contributed by atoms with E-state index in [0.717, 1.165) is 33.3 Å². The molecule has 4 N–H and O–H groups in total. The molecule has 2 fully saturated rings. The van der Waals surface area contributed by atoms with E-state index in [1.165, 1.54) is 7.11 Å². The molecule has 3 aliphatic rings. The van der Waals surface area contributed by atoms with Gasteiger partial charge in [-0.3, -0.25) is 19.7 Å². The number of fused-ring (bicyclic) bond motifs is 4. The van der Waals surface area contributed by atoms with Crippen LogP contribution in [0.1, 0.15) is 23.1 Å². The molecule has 41 heavy (non-hydrogen) atoms. The van der Waals surface area contributed by atoms with E-state index in [0.29, 0.717) is 19.3 Å². The number of hydrogen-bond acceptors (Lipinski definition) is 6. The number of nitrogens with zero attached hydrogens (tertiary/aromatic N) is 1. The molecule has 9 nitrogen and oxygen atoms in total. The standard InChI is InChI=1S/C32H31N5O4/c1-41-30(40)26-17-32(22-12-6-7-13-23(22)35-31(32)36-26)37-18-20(21-11-5-8-14-27(21)37)16-25-29(39)33-24(28(38)34-25)15-19-9-3-2-4-10-19/h2-14,18,24-26,31,35-36H,15-17H2,1H3,(H,33,39)(H,34,38)/t24-,25+,26+,31-,32+/m1/s1. The first-order valence-corrected chi connectivity index (χ1v) is 13.9. The number of benzene rings is 3. The van der Waals surface area contributed by atoms with Crippen molar-refractivity contribution in [2.45, 2.75) is 49.1 Å². The van der Waals surface area contributed by atoms with Crippen molar-refractivity contribution in [3.63, 3.8) is 0 Å². The first kappa shape index (κ1) is 25.3. The van der Waals surface area contributed by atoms with Gasteiger partial charge < -0.3 is 25.3 Å². The van der Waals surface area contributed by atoms with Gasteiger partial charge in [0, 0.05) is 47.6 Å². The van der Waals surface area contributed by atoms with Gasteiger partial charge in [0.15, 0.2) is 0 Å². The number of nitrogens with one attached hydrogen (secondary N) is 4. The molecule has 4 heterocycles. The third kappa shape index (κ3) is 4.07. The highest BCUT2D eigenvalue weighted by Crippen LogP contribution is 2.50. The Morgan fingerprint density at radius 1 is 0.878 bits per heavy atom. The van der Waals surface area contributed by atoms with E-state index in [4.69, 9.17) is 4.74 Å². The third-order valence-electron chi connectivity index (χ3n) is 8.74. The Labute approximate surface area is 237 Å². The van der Waals surface area contributed by atoms with Gasteiger partial charge in [0.25, 0.3) is 0 Å². The molecule has 7 rings (SSSR count). The van der Waals surface area contributed by atoms with Gasteiger partial charge in [-0.1, -0.05) is 66.7 Å². The predicted octanol–water partition coefficient (Wildman–Crippen LogP) is 2.44. The van der Waals surface area contributed by atoms with Crippen molar-refractivity contribution < 1.29 is 19.1 Å². The van der Waals surface area contributed by atoms with Crippen LogP contribution in [0.3, 0.4) is 0 Å². The first-order valence-electron chi connectivity index (χ1n) is 13.9. The minimum absolute atomic E-state index is 0.185. The minimum atomic E-state index is -0.694. The molecule has 0 saturated carbocycles. The normalized spacial score (nSPS) is 26.6. The number of piperazine rings is 1. The van der Waals surface area contributed by atoms with Crippen LogP contribution in [0.25, 0.3) is 10.9 Å². The van der Waals surface area contributed by atoms with E-state index < -0.39 is 23.7 Å². The fourth-order valence-electron chi connectivity index (χ4n) is 6.83. The summed E-state index contributed by atoms with van der Waals surface area (Å²) in [4.78, 5) is 38.9. The van der Waals surface area contributed by atoms with Crippen molar-refractivity contribution in [2.75, 3.05) is 12.4 Å². The number of rotatable bonds is 6. The average Bonchev–Trinajstić information content (AvgIpc) is 3.64. The number of para-hydroxylation sites is 2. The number of esters is 1. The van der Waals surface area contributed by atoms with Crippen molar-refractivity contribution in [1.29, 1.82) is 0 Å². The molecular weight excluding hydrogens is 518 g/mol. The lowest BCUT2D eigenvalue weighted by atomic mass is 9.86. The Bertz CT molecular complexity index is 1670. The Morgan fingerprint density at radius 2 is 1.56 bits per heavy atom. The number of amides is 2. The van der Waals surface area contributed by atoms with Crippen LogP contribution in [-0.4, -0.2) is 53.8 Å². The van der Waals surface area contributed by atoms with Gasteiger partial charge in [-0.05, 0) is 23.3 Å². The predicted molar refractivity (Wildman–Crippen MR) is 154 cm³/mol. The molecule has 0 aliphatic carbocycles. The van der Waals surface area contributed by atoms with Crippen LogP contribution in [0.2, 0.25) is 0 Å². The van der Waals surface area contributed by atoms with Crippen LogP contribution in [0.5, 0.6) is 0 Å². The van der Waals surface area contributed by atoms with Crippen LogP contribution in [0.15, 0.2) is 85.1 Å². The summed E-state index contributed by atoms with van der Waals surface area (Å²) in [5.74, 6) is -0.684. The molecule has 3 aliphatic heterocycles. The smallest absolute Gasteiger partial charge is 0.323 e. The average molecular weight is 550 g/mol. The van der Waals surface area contributed by atoms with Crippen LogP contribution in [-0.2, 0) is 37.5 Å². The molecule has 208 valence electrons. The highest BCUT2D eigenvalue weighted by molar-refractivity contribution is 5.98. The van der Waals surface area contributed by atoms with Gasteiger partial charge in [-0.25, -0.2) is 0 Å². The number of methoxy groups -OCH3 is 1. The van der Waals surface area contributed by atoms with Crippen LogP contribution in [0, 0.1) is 0 Å². The van der Waals surface area contributed by atoms with Gasteiger partial charge in [0.1, 0.15) is 29.8 Å². The third-order valence-corrected chi connectivity index (χ3v) is 8.74. The molecule has 1 aromatic heterocycles. The lowest BCUT2D eigenvalue weighted by Crippen LogP contribution is -2.62. The largest absolute Gasteiger partial charge is 0.468 e. The Hall–Kier alpha value is -4.63. The number of hydrogen-bond donors (Lipinski definition) is 4. The lowest BCUT2D eigenvalue weighted by Gasteiger charge is -2.32. The lowest BCUT2D eigenvalue weighted by molar-refractivity contribution is -0.142. The Balaban J connectivity index is 1.23. The molecule has 9 heteroatoms. The topological polar surface area (TPSA) is 113 Å². The highest BCUT2D eigenvalue weighted by Gasteiger charge is 2.57. The second-order valence-corrected chi connectivity index (χ2v) is 11.1. The maximum absolute atomic E-state index is 13.2. The van der Waals surface area contributed by atoms with Gasteiger partial charge in [-0.15, -0.1) is 0 Å². The van der Waals surface area contributed by atoms with Crippen molar-refractivity contribution in [2.24, 2.45) is 0 Å². The molecule has 3 aromatic carbocycles. The number of carbonyl (C=O) groups is 3. The highest BCUT2D eigenvalue weighted by atomic mass is 16.5. The Morgan fingerprint density at radius 3 is 2.34 bits per heavy atom. The van der Waals surface area contributed by atoms with E-state index in [1.807, 2.05) is 66.7 Å². The zero-order valence-electron chi connectivity index (χ0n) is 22.6. The fraction of sp³-hybridized carbons (Fsp3) is 0.281. The molecular formula is C32H31N5O4. The van der Waals surface area contributed by atoms with E-state index in [9.17, 15) is 14.4 Å². The van der Waals surface area contributed by atoms with Crippen molar-refractivity contribution >= 4 is 34.4 Å². The maximum Gasteiger partial charge on any atom is 0.323 e. The molecule has 0 spiro atoms. The van der Waals surface area contributed by atoms with Crippen LogP contribution >= 0.6 is 0 Å². The Kier molecular flexibility index (Phi) is 6.04. The zero-order valence-corrected chi connectivity index (χ0v) is 22.6. The van der Waals surface area contributed by atoms with Crippen molar-refractivity contribution in [3.8, 4) is 0 Å². The summed E-state index contributed by atoms with van der Waals surface area (Å²) in [7, 11) is 1.41. The van der Waals surface area contributed by atoms with Crippen molar-refractivity contribution in [3.05, 3.63) is 102 Å². The quantitative estimate of drug-likeness (QED) is 0.275. The monoisotopic (exact) mass is 549 g/mol. The summed E-state index contributed by atoms with van der Waals surface area (Å²) in [6, 6.07) is 24.1. The van der Waals surface area contributed by atoms with Crippen LogP contribution < -0.4 is 21.3 Å². The summed E-state index contributed by atoms with van der Waals surface area (Å²) in [5, 5.41) is 13.9. The summed E-state index contributed by atoms with van der Waals surface area (Å²) in [5.41, 5.74) is 4.42. The van der Waals surface area contributed by atoms with E-state index >= 15 is 0 Å². The molecule has 0 bridgehead atoms. The number of aromatic nitrogens is 1. The maximum atomic E-state index is 13.2. The first-order chi connectivity index (χ1) is 20.0. The zero-order chi connectivity index (χ0) is 28.1. The van der Waals surface area contributed by atoms with E-state index in [-0.39, 0.29) is 23.9 Å². The minimum Gasteiger partial charge on any atom is -0.468 e. The SMILES string of the molecule is COC(=O)[C@@H]1C[C@]2(n3cc(C[C@@H]4NC(=O)[C@@H](Cc5ccccc5)NC4=O)c4ccccc43)c3ccccc3N[C@@H]2N1. The fourth-order valence-corrected chi connectivity index (χ4v) is 6.83. The molecule has 4 aromatic rings. The summed E-state index contributed by atoms with van der Waals surface area (Å²) in [6.45, 7) is 0. The molecule has 0 radical (unpaired) electrons. The summed E-state index contributed by atoms with van der Waals surface area (Å²) >= 11 is 0. The number of anilines is 1. The summed E-state index contributed by atoms with van der Waals surface area (Å²) < 4.78 is 7.34. The van der Waals surface area contributed by atoms with Crippen molar-refractivity contribution in [1.82, 2.24) is 20.5 Å². The van der Waals surface area contributed by atoms with Gasteiger partial charge in [-0.2, -0.15) is 0 Å². The molecule has 0 unspecified atom stereocenters.